The van der Waals surface area contributed by atoms with E-state index in [-0.39, 0.29) is 5.75 Å². The third-order valence-corrected chi connectivity index (χ3v) is 7.47. The third kappa shape index (κ3) is 5.72. The molecule has 2 heterocycles. The van der Waals surface area contributed by atoms with E-state index in [4.69, 9.17) is 9.47 Å². The predicted octanol–water partition coefficient (Wildman–Crippen LogP) is 3.37. The van der Waals surface area contributed by atoms with E-state index in [2.05, 4.69) is 19.6 Å². The zero-order chi connectivity index (χ0) is 23.3. The van der Waals surface area contributed by atoms with Crippen LogP contribution >= 0.6 is 0 Å². The summed E-state index contributed by atoms with van der Waals surface area (Å²) in [5.74, 6) is 2.68. The van der Waals surface area contributed by atoms with Gasteiger partial charge in [0.25, 0.3) is 0 Å². The van der Waals surface area contributed by atoms with Gasteiger partial charge in [0, 0.05) is 31.1 Å². The van der Waals surface area contributed by atoms with Crippen LogP contribution in [0.5, 0.6) is 11.5 Å². The number of fused-ring (bicyclic) bond motifs is 1. The first kappa shape index (κ1) is 23.3. The molecular formula is C24H30N4O4S. The summed E-state index contributed by atoms with van der Waals surface area (Å²) in [7, 11) is -0.0981. The number of benzene rings is 2. The molecule has 1 fully saturated rings. The first-order valence-corrected chi connectivity index (χ1v) is 12.8. The van der Waals surface area contributed by atoms with Gasteiger partial charge in [-0.2, -0.15) is 0 Å². The Hall–Kier alpha value is -2.91. The monoisotopic (exact) mass is 470 g/mol. The van der Waals surface area contributed by atoms with Crippen LogP contribution in [-0.4, -0.2) is 52.2 Å². The first-order valence-electron chi connectivity index (χ1n) is 11.1. The fraction of sp³-hybridized carbons (Fsp3) is 0.417. The highest BCUT2D eigenvalue weighted by molar-refractivity contribution is 7.88. The number of methoxy groups -OCH3 is 2. The van der Waals surface area contributed by atoms with Crippen molar-refractivity contribution in [3.8, 4) is 11.5 Å². The van der Waals surface area contributed by atoms with Crippen molar-refractivity contribution in [1.82, 2.24) is 14.7 Å². The topological polar surface area (TPSA) is 93.7 Å². The molecule has 1 N–H and O–H groups in total. The number of hydrogen-bond donors (Lipinski definition) is 1. The average molecular weight is 471 g/mol. The number of nitrogens with one attached hydrogen (secondary N) is 1. The largest absolute Gasteiger partial charge is 0.493 e. The minimum Gasteiger partial charge on any atom is -0.493 e. The molecule has 0 amide bonds. The third-order valence-electron chi connectivity index (χ3n) is 6.11. The Morgan fingerprint density at radius 3 is 2.42 bits per heavy atom. The first-order chi connectivity index (χ1) is 16.0. The number of anilines is 1. The highest BCUT2D eigenvalue weighted by atomic mass is 32.2. The molecule has 1 aliphatic heterocycles. The minimum atomic E-state index is -3.33. The highest BCUT2D eigenvalue weighted by Crippen LogP contribution is 2.35. The van der Waals surface area contributed by atoms with Gasteiger partial charge in [0.05, 0.1) is 25.5 Å². The lowest BCUT2D eigenvalue weighted by atomic mass is 9.93. The van der Waals surface area contributed by atoms with Crippen LogP contribution in [0.1, 0.15) is 24.8 Å². The van der Waals surface area contributed by atoms with Gasteiger partial charge in [-0.3, -0.25) is 0 Å². The second-order valence-electron chi connectivity index (χ2n) is 8.28. The van der Waals surface area contributed by atoms with Crippen LogP contribution in [0.4, 0.5) is 5.82 Å². The summed E-state index contributed by atoms with van der Waals surface area (Å²) >= 11 is 0. The molecule has 0 saturated carbocycles. The number of hydrogen-bond acceptors (Lipinski definition) is 7. The van der Waals surface area contributed by atoms with E-state index < -0.39 is 10.0 Å². The van der Waals surface area contributed by atoms with Crippen molar-refractivity contribution in [1.29, 1.82) is 0 Å². The number of sulfonamides is 1. The second-order valence-corrected chi connectivity index (χ2v) is 10.1. The van der Waals surface area contributed by atoms with Gasteiger partial charge in [-0.1, -0.05) is 30.3 Å². The Bertz CT molecular complexity index is 1180. The van der Waals surface area contributed by atoms with Crippen molar-refractivity contribution < 1.29 is 17.9 Å². The molecule has 1 saturated heterocycles. The van der Waals surface area contributed by atoms with Crippen LogP contribution in [0.15, 0.2) is 48.8 Å². The molecule has 2 aromatic carbocycles. The van der Waals surface area contributed by atoms with E-state index >= 15 is 0 Å². The smallest absolute Gasteiger partial charge is 0.215 e. The Balaban J connectivity index is 1.33. The number of nitrogens with zero attached hydrogens (tertiary/aromatic N) is 3. The highest BCUT2D eigenvalue weighted by Gasteiger charge is 2.23. The van der Waals surface area contributed by atoms with Crippen molar-refractivity contribution >= 4 is 26.7 Å². The van der Waals surface area contributed by atoms with E-state index in [1.54, 1.807) is 20.5 Å². The van der Waals surface area contributed by atoms with Gasteiger partial charge < -0.3 is 14.4 Å². The van der Waals surface area contributed by atoms with Crippen molar-refractivity contribution in [2.45, 2.75) is 25.0 Å². The Kier molecular flexibility index (Phi) is 7.29. The molecule has 33 heavy (non-hydrogen) atoms. The molecule has 0 aliphatic carbocycles. The molecule has 0 atom stereocenters. The van der Waals surface area contributed by atoms with Crippen LogP contribution in [0.2, 0.25) is 0 Å². The average Bonchev–Trinajstić information content (AvgIpc) is 2.83. The van der Waals surface area contributed by atoms with Gasteiger partial charge in [-0.25, -0.2) is 23.1 Å². The van der Waals surface area contributed by atoms with Crippen molar-refractivity contribution in [2.75, 3.05) is 38.8 Å². The lowest BCUT2D eigenvalue weighted by molar-refractivity contribution is 0.355. The molecule has 1 aromatic heterocycles. The molecule has 8 nitrogen and oxygen atoms in total. The summed E-state index contributed by atoms with van der Waals surface area (Å²) in [5, 5.41) is 0.933. The summed E-state index contributed by atoms with van der Waals surface area (Å²) in [5.41, 5.74) is 1.61. The molecular weight excluding hydrogens is 440 g/mol. The molecule has 9 heteroatoms. The van der Waals surface area contributed by atoms with Gasteiger partial charge in [0.2, 0.25) is 10.0 Å². The predicted molar refractivity (Wildman–Crippen MR) is 129 cm³/mol. The maximum absolute atomic E-state index is 12.3. The molecule has 176 valence electrons. The zero-order valence-corrected chi connectivity index (χ0v) is 19.8. The fourth-order valence-electron chi connectivity index (χ4n) is 4.32. The van der Waals surface area contributed by atoms with Crippen LogP contribution in [-0.2, 0) is 15.8 Å². The van der Waals surface area contributed by atoms with Crippen LogP contribution in [0, 0.1) is 5.92 Å². The minimum absolute atomic E-state index is 0.0152. The van der Waals surface area contributed by atoms with Crippen LogP contribution in [0.25, 0.3) is 10.9 Å². The van der Waals surface area contributed by atoms with Crippen molar-refractivity contribution in [3.05, 3.63) is 54.4 Å². The van der Waals surface area contributed by atoms with E-state index in [9.17, 15) is 8.42 Å². The normalized spacial score (nSPS) is 15.0. The number of aromatic nitrogens is 2. The SMILES string of the molecule is COc1cc2ncnc(N3CCC(CCNS(=O)(=O)Cc4ccccc4)CC3)c2cc1OC. The number of ether oxygens (including phenoxy) is 2. The molecule has 1 aliphatic rings. The van der Waals surface area contributed by atoms with E-state index in [0.717, 1.165) is 54.6 Å². The molecule has 4 rings (SSSR count). The molecule has 3 aromatic rings. The van der Waals surface area contributed by atoms with Crippen LogP contribution < -0.4 is 19.1 Å². The maximum atomic E-state index is 12.3. The molecule has 0 bridgehead atoms. The van der Waals surface area contributed by atoms with Gasteiger partial charge in [-0.15, -0.1) is 0 Å². The Labute approximate surface area is 195 Å². The standard InChI is InChI=1S/C24H30N4O4S/c1-31-22-14-20-21(15-23(22)32-2)25-17-26-24(20)28-12-9-18(10-13-28)8-11-27-33(29,30)16-19-6-4-3-5-7-19/h3-7,14-15,17-18,27H,8-13,16H2,1-2H3. The quantitative estimate of drug-likeness (QED) is 0.512. The van der Waals surface area contributed by atoms with E-state index in [1.807, 2.05) is 42.5 Å². The van der Waals surface area contributed by atoms with E-state index in [1.165, 1.54) is 0 Å². The van der Waals surface area contributed by atoms with Gasteiger partial charge in [0.1, 0.15) is 12.1 Å². The number of piperidine rings is 1. The maximum Gasteiger partial charge on any atom is 0.215 e. The molecule has 0 unspecified atom stereocenters. The summed E-state index contributed by atoms with van der Waals surface area (Å²) in [6.07, 6.45) is 4.38. The van der Waals surface area contributed by atoms with Gasteiger partial charge in [0.15, 0.2) is 11.5 Å². The number of rotatable bonds is 9. The Morgan fingerprint density at radius 2 is 1.73 bits per heavy atom. The van der Waals surface area contributed by atoms with Crippen LogP contribution in [0.3, 0.4) is 0 Å². The fourth-order valence-corrected chi connectivity index (χ4v) is 5.48. The summed E-state index contributed by atoms with van der Waals surface area (Å²) in [6.45, 7) is 2.19. The van der Waals surface area contributed by atoms with E-state index in [0.29, 0.717) is 24.0 Å². The zero-order valence-electron chi connectivity index (χ0n) is 19.0. The van der Waals surface area contributed by atoms with Crippen molar-refractivity contribution in [3.63, 3.8) is 0 Å². The second kappa shape index (κ2) is 10.4. The molecule has 0 radical (unpaired) electrons. The molecule has 0 spiro atoms. The van der Waals surface area contributed by atoms with Gasteiger partial charge in [-0.05, 0) is 36.8 Å². The van der Waals surface area contributed by atoms with Gasteiger partial charge >= 0.3 is 0 Å². The summed E-state index contributed by atoms with van der Waals surface area (Å²) < 4.78 is 38.3. The lowest BCUT2D eigenvalue weighted by Crippen LogP contribution is -2.36. The van der Waals surface area contributed by atoms with Crippen molar-refractivity contribution in [2.24, 2.45) is 5.92 Å². The summed E-state index contributed by atoms with van der Waals surface area (Å²) in [6, 6.07) is 13.0. The Morgan fingerprint density at radius 1 is 1.03 bits per heavy atom. The summed E-state index contributed by atoms with van der Waals surface area (Å²) in [4.78, 5) is 11.2. The lowest BCUT2D eigenvalue weighted by Gasteiger charge is -2.33.